The topological polar surface area (TPSA) is 21.3 Å². The molecule has 0 aliphatic rings. The largest absolute Gasteiger partial charge is 0.455 e. The molecule has 0 saturated heterocycles. The van der Waals surface area contributed by atoms with E-state index in [-0.39, 0.29) is 0 Å². The van der Waals surface area contributed by atoms with Gasteiger partial charge in [-0.1, -0.05) is 158 Å². The lowest BCUT2D eigenvalue weighted by Gasteiger charge is -2.29. The summed E-state index contributed by atoms with van der Waals surface area (Å²) in [7, 11) is 0. The number of nitrogens with zero attached hydrogens (tertiary/aromatic N) is 2. The van der Waals surface area contributed by atoms with Crippen LogP contribution in [0.3, 0.4) is 0 Å². The van der Waals surface area contributed by atoms with Crippen LogP contribution in [0.15, 0.2) is 223 Å². The molecule has 3 heteroatoms. The number of hydrogen-bond acceptors (Lipinski definition) is 2. The van der Waals surface area contributed by atoms with E-state index in [1.54, 1.807) is 0 Å². The second kappa shape index (κ2) is 13.4. The standard InChI is InChI=1S/C56H36N2O/c1-2-18-39(19-3-1)57(40-20-14-17-38(36-40)42-26-15-27-43-41-21-5-4-16-37(41)32-33-44(42)43)53-35-34-48-47-24-9-13-31-54(47)59-56(48)55(53)49-25-8-12-30-52(49)58-50-28-10-6-22-45(50)46-23-7-11-29-51(46)58/h1-36H. The highest BCUT2D eigenvalue weighted by atomic mass is 16.3. The van der Waals surface area contributed by atoms with Gasteiger partial charge in [-0.2, -0.15) is 0 Å². The Bertz CT molecular complexity index is 3520. The smallest absolute Gasteiger partial charge is 0.145 e. The molecule has 2 aromatic heterocycles. The molecule has 0 spiro atoms. The third-order valence-electron chi connectivity index (χ3n) is 12.0. The Balaban J connectivity index is 1.15. The van der Waals surface area contributed by atoms with Crippen LogP contribution in [-0.2, 0) is 0 Å². The van der Waals surface area contributed by atoms with E-state index in [2.05, 4.69) is 228 Å². The first-order valence-corrected chi connectivity index (χ1v) is 20.2. The Kier molecular flexibility index (Phi) is 7.54. The van der Waals surface area contributed by atoms with Crippen LogP contribution < -0.4 is 4.90 Å². The lowest BCUT2D eigenvalue weighted by atomic mass is 9.94. The zero-order valence-corrected chi connectivity index (χ0v) is 32.1. The molecule has 12 aromatic rings. The Labute approximate surface area is 341 Å². The summed E-state index contributed by atoms with van der Waals surface area (Å²) in [4.78, 5) is 2.40. The maximum Gasteiger partial charge on any atom is 0.145 e. The molecule has 10 aromatic carbocycles. The van der Waals surface area contributed by atoms with Gasteiger partial charge in [0.2, 0.25) is 0 Å². The van der Waals surface area contributed by atoms with Crippen LogP contribution in [0.2, 0.25) is 0 Å². The molecular formula is C56H36N2O. The maximum atomic E-state index is 6.99. The van der Waals surface area contributed by atoms with Gasteiger partial charge in [-0.3, -0.25) is 0 Å². The van der Waals surface area contributed by atoms with E-state index in [0.29, 0.717) is 0 Å². The zero-order valence-electron chi connectivity index (χ0n) is 32.1. The summed E-state index contributed by atoms with van der Waals surface area (Å²) < 4.78 is 9.41. The quantitative estimate of drug-likeness (QED) is 0.158. The minimum atomic E-state index is 0.856. The average Bonchev–Trinajstić information content (AvgIpc) is 3.85. The number of benzene rings is 10. The van der Waals surface area contributed by atoms with Crippen LogP contribution >= 0.6 is 0 Å². The van der Waals surface area contributed by atoms with Crippen molar-refractivity contribution in [2.45, 2.75) is 0 Å². The molecule has 0 saturated carbocycles. The Morgan fingerprint density at radius 3 is 1.81 bits per heavy atom. The molecule has 0 N–H and O–H groups in total. The molecule has 3 nitrogen and oxygen atoms in total. The third kappa shape index (κ3) is 5.22. The molecule has 59 heavy (non-hydrogen) atoms. The van der Waals surface area contributed by atoms with E-state index in [9.17, 15) is 0 Å². The van der Waals surface area contributed by atoms with Crippen LogP contribution in [0.4, 0.5) is 17.1 Å². The first-order chi connectivity index (χ1) is 29.3. The molecule has 0 aliphatic carbocycles. The lowest BCUT2D eigenvalue weighted by molar-refractivity contribution is 0.670. The molecule has 12 rings (SSSR count). The number of furan rings is 1. The fourth-order valence-electron chi connectivity index (χ4n) is 9.40. The molecule has 0 fully saturated rings. The monoisotopic (exact) mass is 752 g/mol. The summed E-state index contributed by atoms with van der Waals surface area (Å²) >= 11 is 0. The number of aromatic nitrogens is 1. The van der Waals surface area contributed by atoms with E-state index >= 15 is 0 Å². The highest BCUT2D eigenvalue weighted by Gasteiger charge is 2.26. The van der Waals surface area contributed by atoms with Crippen molar-refractivity contribution < 1.29 is 4.42 Å². The van der Waals surface area contributed by atoms with Crippen molar-refractivity contribution in [3.63, 3.8) is 0 Å². The number of hydrogen-bond donors (Lipinski definition) is 0. The van der Waals surface area contributed by atoms with Gasteiger partial charge in [-0.15, -0.1) is 0 Å². The van der Waals surface area contributed by atoms with Crippen molar-refractivity contribution in [3.05, 3.63) is 218 Å². The van der Waals surface area contributed by atoms with Gasteiger partial charge in [0, 0.05) is 38.5 Å². The normalized spacial score (nSPS) is 11.7. The summed E-state index contributed by atoms with van der Waals surface area (Å²) in [5, 5.41) is 9.63. The maximum absolute atomic E-state index is 6.99. The molecule has 2 heterocycles. The van der Waals surface area contributed by atoms with Gasteiger partial charge in [0.15, 0.2) is 0 Å². The van der Waals surface area contributed by atoms with Gasteiger partial charge < -0.3 is 13.9 Å². The van der Waals surface area contributed by atoms with Crippen molar-refractivity contribution >= 4 is 82.4 Å². The minimum Gasteiger partial charge on any atom is -0.455 e. The fourth-order valence-corrected chi connectivity index (χ4v) is 9.40. The molecule has 276 valence electrons. The third-order valence-corrected chi connectivity index (χ3v) is 12.0. The average molecular weight is 753 g/mol. The van der Waals surface area contributed by atoms with E-state index in [0.717, 1.165) is 72.4 Å². The lowest BCUT2D eigenvalue weighted by Crippen LogP contribution is -2.12. The number of fused-ring (bicyclic) bond motifs is 9. The Morgan fingerprint density at radius 1 is 0.373 bits per heavy atom. The highest BCUT2D eigenvalue weighted by molar-refractivity contribution is 6.16. The predicted octanol–water partition coefficient (Wildman–Crippen LogP) is 15.8. The van der Waals surface area contributed by atoms with Crippen LogP contribution in [0.25, 0.3) is 93.2 Å². The summed E-state index contributed by atoms with van der Waals surface area (Å²) in [5.41, 5.74) is 12.7. The SMILES string of the molecule is c1ccc(N(c2cccc(-c3cccc4c3ccc3ccccc34)c2)c2ccc3c(oc4ccccc43)c2-c2ccccc2-n2c3ccccc3c3ccccc32)cc1. The molecular weight excluding hydrogens is 717 g/mol. The first kappa shape index (κ1) is 33.3. The van der Waals surface area contributed by atoms with Crippen LogP contribution in [0.5, 0.6) is 0 Å². The van der Waals surface area contributed by atoms with Gasteiger partial charge in [0.05, 0.1) is 28.0 Å². The summed E-state index contributed by atoms with van der Waals surface area (Å²) in [6.45, 7) is 0. The van der Waals surface area contributed by atoms with Crippen molar-refractivity contribution in [1.29, 1.82) is 0 Å². The van der Waals surface area contributed by atoms with Gasteiger partial charge in [0.1, 0.15) is 11.2 Å². The fraction of sp³-hybridized carbons (Fsp3) is 0. The van der Waals surface area contributed by atoms with Crippen molar-refractivity contribution in [2.24, 2.45) is 0 Å². The number of rotatable bonds is 6. The van der Waals surface area contributed by atoms with E-state index in [4.69, 9.17) is 4.42 Å². The summed E-state index contributed by atoms with van der Waals surface area (Å²) in [6.07, 6.45) is 0. The molecule has 0 bridgehead atoms. The molecule has 0 unspecified atom stereocenters. The van der Waals surface area contributed by atoms with Gasteiger partial charge in [-0.25, -0.2) is 0 Å². The van der Waals surface area contributed by atoms with Crippen molar-refractivity contribution in [1.82, 2.24) is 4.57 Å². The van der Waals surface area contributed by atoms with Gasteiger partial charge in [-0.05, 0) is 93.3 Å². The summed E-state index contributed by atoms with van der Waals surface area (Å²) in [6, 6.07) is 78.7. The first-order valence-electron chi connectivity index (χ1n) is 20.2. The molecule has 0 radical (unpaired) electrons. The second-order valence-electron chi connectivity index (χ2n) is 15.2. The number of anilines is 3. The molecule has 0 aliphatic heterocycles. The Morgan fingerprint density at radius 2 is 0.983 bits per heavy atom. The zero-order chi connectivity index (χ0) is 38.9. The second-order valence-corrected chi connectivity index (χ2v) is 15.2. The van der Waals surface area contributed by atoms with Crippen LogP contribution in [0.1, 0.15) is 0 Å². The number of para-hydroxylation sites is 5. The van der Waals surface area contributed by atoms with E-state index in [1.807, 2.05) is 0 Å². The van der Waals surface area contributed by atoms with Crippen LogP contribution in [0, 0.1) is 0 Å². The predicted molar refractivity (Wildman–Crippen MR) is 249 cm³/mol. The van der Waals surface area contributed by atoms with Gasteiger partial charge in [0.25, 0.3) is 0 Å². The minimum absolute atomic E-state index is 0.856. The highest BCUT2D eigenvalue weighted by Crippen LogP contribution is 2.49. The van der Waals surface area contributed by atoms with Gasteiger partial charge >= 0.3 is 0 Å². The molecule has 0 amide bonds. The van der Waals surface area contributed by atoms with Crippen LogP contribution in [-0.4, -0.2) is 4.57 Å². The molecule has 0 atom stereocenters. The van der Waals surface area contributed by atoms with Crippen molar-refractivity contribution in [3.8, 4) is 27.9 Å². The Hall–Kier alpha value is -7.88. The van der Waals surface area contributed by atoms with E-state index in [1.165, 1.54) is 37.9 Å². The summed E-state index contributed by atoms with van der Waals surface area (Å²) in [5.74, 6) is 0. The van der Waals surface area contributed by atoms with Crippen molar-refractivity contribution in [2.75, 3.05) is 4.90 Å². The van der Waals surface area contributed by atoms with E-state index < -0.39 is 0 Å².